The fraction of sp³-hybridized carbons (Fsp3) is 0.706. The number of aryl methyl sites for hydroxylation is 1. The Labute approximate surface area is 159 Å². The molecule has 1 aromatic rings. The van der Waals surface area contributed by atoms with E-state index in [4.69, 9.17) is 0 Å². The van der Waals surface area contributed by atoms with Gasteiger partial charge in [-0.3, -0.25) is 14.4 Å². The van der Waals surface area contributed by atoms with E-state index in [1.807, 2.05) is 13.8 Å². The summed E-state index contributed by atoms with van der Waals surface area (Å²) in [4.78, 5) is 26.8. The van der Waals surface area contributed by atoms with Crippen molar-refractivity contribution >= 4 is 22.0 Å². The van der Waals surface area contributed by atoms with Gasteiger partial charge in [0.05, 0.1) is 11.4 Å². The van der Waals surface area contributed by atoms with Crippen LogP contribution >= 0.6 is 0 Å². The first-order chi connectivity index (χ1) is 12.6. The Hall–Kier alpha value is -1.94. The van der Waals surface area contributed by atoms with Crippen LogP contribution in [0.15, 0.2) is 4.90 Å². The SMILES string of the molecule is Cc1nn(C(C)C)c(C)c1S(=O)(=O)N1CCC(N2CC(=O)N(C)C2=O)CC1. The highest BCUT2D eigenvalue weighted by atomic mass is 32.2. The molecule has 3 rings (SSSR count). The van der Waals surface area contributed by atoms with Crippen LogP contribution in [-0.4, -0.2) is 77.0 Å². The van der Waals surface area contributed by atoms with E-state index >= 15 is 0 Å². The summed E-state index contributed by atoms with van der Waals surface area (Å²) >= 11 is 0. The molecular formula is C17H27N5O4S. The molecule has 0 aliphatic carbocycles. The second-order valence-electron chi connectivity index (χ2n) is 7.54. The summed E-state index contributed by atoms with van der Waals surface area (Å²) < 4.78 is 29.6. The van der Waals surface area contributed by atoms with E-state index in [-0.39, 0.29) is 35.5 Å². The maximum absolute atomic E-state index is 13.2. The van der Waals surface area contributed by atoms with Crippen LogP contribution in [0.5, 0.6) is 0 Å². The van der Waals surface area contributed by atoms with Crippen LogP contribution in [0.3, 0.4) is 0 Å². The van der Waals surface area contributed by atoms with Gasteiger partial charge in [-0.05, 0) is 40.5 Å². The molecule has 150 valence electrons. The van der Waals surface area contributed by atoms with E-state index in [2.05, 4.69) is 5.10 Å². The number of sulfonamides is 1. The van der Waals surface area contributed by atoms with E-state index in [1.165, 1.54) is 11.4 Å². The molecular weight excluding hydrogens is 370 g/mol. The Morgan fingerprint density at radius 1 is 1.11 bits per heavy atom. The van der Waals surface area contributed by atoms with E-state index in [9.17, 15) is 18.0 Å². The number of carbonyl (C=O) groups is 2. The number of urea groups is 1. The van der Waals surface area contributed by atoms with Gasteiger partial charge in [-0.1, -0.05) is 0 Å². The van der Waals surface area contributed by atoms with Gasteiger partial charge in [0.25, 0.3) is 0 Å². The molecule has 27 heavy (non-hydrogen) atoms. The van der Waals surface area contributed by atoms with Gasteiger partial charge in [0.1, 0.15) is 11.4 Å². The lowest BCUT2D eigenvalue weighted by Crippen LogP contribution is -2.47. The molecule has 0 saturated carbocycles. The maximum Gasteiger partial charge on any atom is 0.327 e. The summed E-state index contributed by atoms with van der Waals surface area (Å²) in [5, 5.41) is 4.39. The minimum absolute atomic E-state index is 0.0755. The van der Waals surface area contributed by atoms with Gasteiger partial charge in [-0.15, -0.1) is 0 Å². The summed E-state index contributed by atoms with van der Waals surface area (Å²) in [7, 11) is -2.17. The molecule has 0 aromatic carbocycles. The van der Waals surface area contributed by atoms with Gasteiger partial charge >= 0.3 is 6.03 Å². The average Bonchev–Trinajstić information content (AvgIpc) is 3.06. The molecule has 1 aromatic heterocycles. The molecule has 3 amide bonds. The van der Waals surface area contributed by atoms with Gasteiger partial charge in [0, 0.05) is 32.2 Å². The van der Waals surface area contributed by atoms with Crippen molar-refractivity contribution in [3.05, 3.63) is 11.4 Å². The molecule has 0 atom stereocenters. The largest absolute Gasteiger partial charge is 0.327 e. The number of piperidine rings is 1. The smallest absolute Gasteiger partial charge is 0.312 e. The van der Waals surface area contributed by atoms with Gasteiger partial charge in [0.15, 0.2) is 0 Å². The molecule has 2 fully saturated rings. The molecule has 10 heteroatoms. The number of aromatic nitrogens is 2. The maximum atomic E-state index is 13.2. The molecule has 9 nitrogen and oxygen atoms in total. The quantitative estimate of drug-likeness (QED) is 0.710. The van der Waals surface area contributed by atoms with Gasteiger partial charge in [-0.2, -0.15) is 9.40 Å². The normalized spacial score (nSPS) is 20.4. The number of rotatable bonds is 4. The topological polar surface area (TPSA) is 95.8 Å². The van der Waals surface area contributed by atoms with Crippen LogP contribution in [0.25, 0.3) is 0 Å². The molecule has 0 spiro atoms. The fourth-order valence-corrected chi connectivity index (χ4v) is 5.78. The zero-order chi connectivity index (χ0) is 20.1. The third-order valence-electron chi connectivity index (χ3n) is 5.42. The zero-order valence-corrected chi connectivity index (χ0v) is 17.3. The Morgan fingerprint density at radius 2 is 1.70 bits per heavy atom. The number of amides is 3. The summed E-state index contributed by atoms with van der Waals surface area (Å²) in [5.41, 5.74) is 1.15. The number of carbonyl (C=O) groups excluding carboxylic acids is 2. The van der Waals surface area contributed by atoms with Crippen LogP contribution < -0.4 is 0 Å². The number of likely N-dealkylation sites (N-methyl/N-ethyl adjacent to an activating group) is 1. The zero-order valence-electron chi connectivity index (χ0n) is 16.5. The molecule has 2 aliphatic rings. The van der Waals surface area contributed by atoms with Crippen molar-refractivity contribution in [3.8, 4) is 0 Å². The van der Waals surface area contributed by atoms with Gasteiger partial charge in [0.2, 0.25) is 15.9 Å². The average molecular weight is 398 g/mol. The van der Waals surface area contributed by atoms with Gasteiger partial charge in [-0.25, -0.2) is 13.2 Å². The predicted octanol–water partition coefficient (Wildman–Crippen LogP) is 1.13. The molecule has 0 N–H and O–H groups in total. The van der Waals surface area contributed by atoms with Crippen LogP contribution in [0.2, 0.25) is 0 Å². The highest BCUT2D eigenvalue weighted by Gasteiger charge is 2.41. The van der Waals surface area contributed by atoms with Crippen molar-refractivity contribution in [3.63, 3.8) is 0 Å². The first kappa shape index (κ1) is 19.8. The summed E-state index contributed by atoms with van der Waals surface area (Å²) in [6.07, 6.45) is 1.03. The van der Waals surface area contributed by atoms with Crippen LogP contribution in [0, 0.1) is 13.8 Å². The summed E-state index contributed by atoms with van der Waals surface area (Å²) in [6, 6.07) is -0.335. The fourth-order valence-electron chi connectivity index (χ4n) is 3.95. The number of nitrogens with zero attached hydrogens (tertiary/aromatic N) is 5. The standard InChI is InChI=1S/C17H27N5O4S/c1-11(2)22-13(4)16(12(3)18-22)27(25,26)20-8-6-14(7-9-20)21-10-15(23)19(5)17(21)24/h11,14H,6-10H2,1-5H3. The van der Waals surface area contributed by atoms with E-state index in [0.29, 0.717) is 37.3 Å². The van der Waals surface area contributed by atoms with Crippen molar-refractivity contribution in [2.75, 3.05) is 26.7 Å². The van der Waals surface area contributed by atoms with Crippen LogP contribution in [0.4, 0.5) is 4.79 Å². The molecule has 2 aliphatic heterocycles. The number of imide groups is 1. The Kier molecular flexibility index (Phi) is 5.06. The third-order valence-corrected chi connectivity index (χ3v) is 7.57. The monoisotopic (exact) mass is 397 g/mol. The second-order valence-corrected chi connectivity index (χ2v) is 9.41. The molecule has 0 radical (unpaired) electrons. The minimum atomic E-state index is -3.65. The van der Waals surface area contributed by atoms with Gasteiger partial charge < -0.3 is 4.90 Å². The molecule has 0 bridgehead atoms. The van der Waals surface area contributed by atoms with E-state index in [0.717, 1.165) is 4.90 Å². The highest BCUT2D eigenvalue weighted by Crippen LogP contribution is 2.29. The van der Waals surface area contributed by atoms with Crippen LogP contribution in [-0.2, 0) is 14.8 Å². The summed E-state index contributed by atoms with van der Waals surface area (Å²) in [6.45, 7) is 8.15. The van der Waals surface area contributed by atoms with Crippen molar-refractivity contribution in [1.29, 1.82) is 0 Å². The molecule has 2 saturated heterocycles. The summed E-state index contributed by atoms with van der Waals surface area (Å²) in [5.74, 6) is -0.220. The lowest BCUT2D eigenvalue weighted by Gasteiger charge is -2.35. The van der Waals surface area contributed by atoms with Crippen molar-refractivity contribution in [2.24, 2.45) is 0 Å². The minimum Gasteiger partial charge on any atom is -0.312 e. The first-order valence-corrected chi connectivity index (χ1v) is 10.6. The predicted molar refractivity (Wildman–Crippen MR) is 98.7 cm³/mol. The molecule has 0 unspecified atom stereocenters. The second kappa shape index (κ2) is 6.90. The Balaban J connectivity index is 1.76. The highest BCUT2D eigenvalue weighted by molar-refractivity contribution is 7.89. The van der Waals surface area contributed by atoms with Crippen LogP contribution in [0.1, 0.15) is 44.1 Å². The number of hydrogen-bond donors (Lipinski definition) is 0. The first-order valence-electron chi connectivity index (χ1n) is 9.18. The van der Waals surface area contributed by atoms with E-state index in [1.54, 1.807) is 23.4 Å². The van der Waals surface area contributed by atoms with Crippen molar-refractivity contribution in [2.45, 2.75) is 57.5 Å². The van der Waals surface area contributed by atoms with Crippen molar-refractivity contribution < 1.29 is 18.0 Å². The third kappa shape index (κ3) is 3.25. The number of hydrogen-bond acceptors (Lipinski definition) is 5. The lowest BCUT2D eigenvalue weighted by molar-refractivity contribution is -0.124. The Bertz CT molecular complexity index is 868. The van der Waals surface area contributed by atoms with E-state index < -0.39 is 10.0 Å². The molecule has 3 heterocycles. The Morgan fingerprint density at radius 3 is 2.15 bits per heavy atom. The van der Waals surface area contributed by atoms with Crippen molar-refractivity contribution in [1.82, 2.24) is 23.9 Å². The lowest BCUT2D eigenvalue weighted by atomic mass is 10.1.